The Hall–Kier alpha value is 1.39. The maximum Gasteiger partial charge on any atom is 1.00 e. The predicted molar refractivity (Wildman–Crippen MR) is 233 cm³/mol. The Kier molecular flexibility index (Phi) is 39.0. The first-order valence-electron chi connectivity index (χ1n) is 18.9. The van der Waals surface area contributed by atoms with Gasteiger partial charge in [0.05, 0.1) is 36.6 Å². The molecule has 0 bridgehead atoms. The molecule has 2 heterocycles. The van der Waals surface area contributed by atoms with Crippen LogP contribution >= 0.6 is 0 Å². The van der Waals surface area contributed by atoms with Gasteiger partial charge in [0, 0.05) is 25.2 Å². The van der Waals surface area contributed by atoms with Gasteiger partial charge >= 0.3 is 236 Å². The monoisotopic (exact) mass is 1210 g/mol. The summed E-state index contributed by atoms with van der Waals surface area (Å²) in [5.41, 5.74) is 0.759. The minimum atomic E-state index is -5.16. The first-order valence-corrected chi connectivity index (χ1v) is 26.2. The third-order valence-corrected chi connectivity index (χ3v) is 12.8. The van der Waals surface area contributed by atoms with Crippen LogP contribution in [0.3, 0.4) is 0 Å². The molecule has 4 aromatic carbocycles. The molecule has 0 saturated heterocycles. The number of nitrogens with one attached hydrogen (secondary N) is 4. The normalized spacial score (nSPS) is 11.2. The van der Waals surface area contributed by atoms with E-state index in [0.29, 0.717) is 11.3 Å². The van der Waals surface area contributed by atoms with Crippen molar-refractivity contribution in [3.63, 3.8) is 0 Å². The minimum Gasteiger partial charge on any atom is -0.748 e. The zero-order chi connectivity index (χ0) is 49.5. The molecule has 0 saturated carbocycles. The van der Waals surface area contributed by atoms with Gasteiger partial charge in [0.25, 0.3) is 0 Å². The predicted octanol–water partition coefficient (Wildman–Crippen LogP) is -23.0. The molecule has 0 radical (unpaired) electrons. The van der Waals surface area contributed by atoms with Crippen molar-refractivity contribution in [2.45, 2.75) is 27.5 Å². The van der Waals surface area contributed by atoms with Crippen LogP contribution in [0.1, 0.15) is 33.9 Å². The molecule has 0 spiro atoms. The second-order valence-corrected chi connectivity index (χ2v) is 21.0. The van der Waals surface area contributed by atoms with E-state index in [9.17, 15) is 64.9 Å². The van der Waals surface area contributed by atoms with Crippen molar-refractivity contribution in [2.24, 2.45) is 0 Å². The Morgan fingerprint density at radius 1 is 0.487 bits per heavy atom. The molecule has 0 aliphatic rings. The molecule has 76 heavy (non-hydrogen) atoms. The molecule has 360 valence electrons. The number of rotatable bonds is 21. The second-order valence-electron chi connectivity index (χ2n) is 13.8. The quantitative estimate of drug-likeness (QED) is 0.0225. The molecule has 2 aromatic heterocycles. The van der Waals surface area contributed by atoms with E-state index in [1.807, 2.05) is 0 Å². The van der Waals surface area contributed by atoms with E-state index in [0.717, 1.165) is 24.3 Å². The van der Waals surface area contributed by atoms with E-state index < -0.39 is 83.3 Å². The van der Waals surface area contributed by atoms with Gasteiger partial charge in [-0.1, -0.05) is 21.9 Å². The van der Waals surface area contributed by atoms with Crippen molar-refractivity contribution in [1.82, 2.24) is 29.9 Å². The van der Waals surface area contributed by atoms with Crippen LogP contribution in [0.2, 0.25) is 0 Å². The van der Waals surface area contributed by atoms with Gasteiger partial charge in [0.15, 0.2) is 0 Å². The van der Waals surface area contributed by atoms with Crippen molar-refractivity contribution < 1.29 is 301 Å². The standard InChI is InChI=1S/C38H35N10O15S5.8Na/c49-64(50,51)18-16-39-35-43-33(21-25-4-3-6-30(20-25)66(55,56)57)45-37(47-35)41-28-13-9-24(10-14-28)8-11-26-12-15-29(23-32(26)68(61,62)63)42-38-46-34(44-36(48-38)40-17-19-65(52,53)54)22-27-5-1-2-7-31(27)67(58,59)60;;;;;;;;/h2-3,5-9,11-15,20,23H,16-19,21-22H2,(H,49,50,51)(H,52,53,54)(H,55,56,57)(H,58,59,60)(H,61,62,63)(H2,39,41,43,45,47)(H2,40,42,44,46,48);;;;;;;;/q-3;8*+1/p-5/b11-8+;;;;;;;;. The molecule has 0 fully saturated rings. The zero-order valence-electron chi connectivity index (χ0n) is 42.2. The summed E-state index contributed by atoms with van der Waals surface area (Å²) < 4.78 is 175. The molecule has 6 rings (SSSR count). The number of aromatic nitrogens is 6. The van der Waals surface area contributed by atoms with Gasteiger partial charge < -0.3 is 44.0 Å². The SMILES string of the molecule is O=S(=O)([O-])CCNc1nc(Cc2[c-]ccc(S(=O)(=O)[O-])c2)nc(Nc2c[c-]c(/C=C/c3ccc(Nc4nc(Cc5c[c-]ccc5S(=O)(=O)[O-])nc(NCCS(=O)(=O)[O-])n4)cc3S(=O)(=O)[O-])cc2)n1.[Na+].[Na+].[Na+].[Na+].[Na+].[Na+].[Na+].[Na+]. The van der Waals surface area contributed by atoms with Crippen LogP contribution in [-0.2, 0) is 63.4 Å². The fourth-order valence-electron chi connectivity index (χ4n) is 5.79. The largest absolute Gasteiger partial charge is 1.00 e. The Bertz CT molecular complexity index is 3490. The summed E-state index contributed by atoms with van der Waals surface area (Å²) in [4.78, 5) is 23.2. The first-order chi connectivity index (χ1) is 31.8. The van der Waals surface area contributed by atoms with Crippen LogP contribution in [0.15, 0.2) is 87.5 Å². The van der Waals surface area contributed by atoms with Gasteiger partial charge in [-0.2, -0.15) is 83.5 Å². The number of nitrogens with zero attached hydrogens (tertiary/aromatic N) is 6. The smallest absolute Gasteiger partial charge is 0.748 e. The van der Waals surface area contributed by atoms with Crippen molar-refractivity contribution in [1.29, 1.82) is 0 Å². The number of anilines is 6. The summed E-state index contributed by atoms with van der Waals surface area (Å²) in [6.45, 7) is -0.823. The summed E-state index contributed by atoms with van der Waals surface area (Å²) in [5, 5.41) is 10.7. The van der Waals surface area contributed by atoms with E-state index in [4.69, 9.17) is 0 Å². The molecule has 0 unspecified atom stereocenters. The van der Waals surface area contributed by atoms with Crippen LogP contribution in [0, 0.1) is 18.2 Å². The summed E-state index contributed by atoms with van der Waals surface area (Å²) in [7, 11) is -24.2. The number of benzene rings is 4. The van der Waals surface area contributed by atoms with Crippen molar-refractivity contribution in [2.75, 3.05) is 45.9 Å². The van der Waals surface area contributed by atoms with E-state index in [2.05, 4.69) is 69.4 Å². The third-order valence-electron chi connectivity index (χ3n) is 8.70. The van der Waals surface area contributed by atoms with Crippen LogP contribution in [-0.4, -0.2) is 119 Å². The average molecular weight is 1210 g/mol. The zero-order valence-corrected chi connectivity index (χ0v) is 62.3. The topological polar surface area (TPSA) is 411 Å². The van der Waals surface area contributed by atoms with Crippen molar-refractivity contribution in [3.8, 4) is 0 Å². The Balaban J connectivity index is -0.00000666. The third kappa shape index (κ3) is 27.9. The molecule has 6 aromatic rings. The maximum absolute atomic E-state index is 12.5. The van der Waals surface area contributed by atoms with Crippen LogP contribution < -0.4 is 258 Å². The second kappa shape index (κ2) is 36.3. The first kappa shape index (κ1) is 81.6. The van der Waals surface area contributed by atoms with Crippen LogP contribution in [0.25, 0.3) is 12.2 Å². The molecular formula is C38H30N10Na8O15S5. The number of hydrogen-bond acceptors (Lipinski definition) is 25. The summed E-state index contributed by atoms with van der Waals surface area (Å²) in [6, 6.07) is 23.3. The van der Waals surface area contributed by atoms with E-state index in [-0.39, 0.29) is 314 Å². The molecule has 0 atom stereocenters. The average Bonchev–Trinajstić information content (AvgIpc) is 3.22. The van der Waals surface area contributed by atoms with Crippen molar-refractivity contribution in [3.05, 3.63) is 125 Å². The fourth-order valence-corrected chi connectivity index (χ4v) is 8.40. The summed E-state index contributed by atoms with van der Waals surface area (Å²) in [6.07, 6.45) is 2.19. The molecule has 25 nitrogen and oxygen atoms in total. The summed E-state index contributed by atoms with van der Waals surface area (Å²) in [5.74, 6) is -2.69. The Morgan fingerprint density at radius 3 is 1.50 bits per heavy atom. The molecular weight excluding hydrogens is 1180 g/mol. The maximum atomic E-state index is 12.5. The van der Waals surface area contributed by atoms with Gasteiger partial charge in [0.1, 0.15) is 42.0 Å². The van der Waals surface area contributed by atoms with Gasteiger partial charge in [-0.05, 0) is 29.8 Å². The molecule has 0 amide bonds. The molecule has 0 aliphatic heterocycles. The Labute approximate surface area is 616 Å². The van der Waals surface area contributed by atoms with Gasteiger partial charge in [-0.3, -0.25) is 0 Å². The van der Waals surface area contributed by atoms with E-state index >= 15 is 0 Å². The minimum absolute atomic E-state index is 0. The van der Waals surface area contributed by atoms with Crippen LogP contribution in [0.4, 0.5) is 35.2 Å². The molecule has 0 aliphatic carbocycles. The van der Waals surface area contributed by atoms with Crippen LogP contribution in [0.5, 0.6) is 0 Å². The Morgan fingerprint density at radius 2 is 1.00 bits per heavy atom. The van der Waals surface area contributed by atoms with Gasteiger partial charge in [0.2, 0.25) is 23.8 Å². The summed E-state index contributed by atoms with van der Waals surface area (Å²) >= 11 is 0. The van der Waals surface area contributed by atoms with E-state index in [1.165, 1.54) is 60.7 Å². The number of hydrogen-bond donors (Lipinski definition) is 4. The molecule has 4 N–H and O–H groups in total. The fraction of sp³-hybridized carbons (Fsp3) is 0.158. The van der Waals surface area contributed by atoms with Gasteiger partial charge in [-0.15, -0.1) is 42.0 Å². The molecule has 38 heteroatoms. The van der Waals surface area contributed by atoms with Crippen molar-refractivity contribution >= 4 is 97.9 Å². The van der Waals surface area contributed by atoms with E-state index in [1.54, 1.807) is 0 Å². The van der Waals surface area contributed by atoms with Gasteiger partial charge in [-0.25, -0.2) is 42.1 Å².